The maximum absolute atomic E-state index is 12.8. The van der Waals surface area contributed by atoms with Gasteiger partial charge in [-0.15, -0.1) is 0 Å². The Kier molecular flexibility index (Phi) is 6.87. The summed E-state index contributed by atoms with van der Waals surface area (Å²) < 4.78 is 0. The smallest absolute Gasteiger partial charge is 0.240 e. The number of rotatable bonds is 7. The fourth-order valence-electron chi connectivity index (χ4n) is 2.48. The van der Waals surface area contributed by atoms with Crippen molar-refractivity contribution >= 4 is 29.1 Å². The number of amides is 1. The SMILES string of the molecule is Cc1nc(CCN(Cc2cccc(Cl)c2Cl)C(=O)[C@@H](N)C(C)C)c[nH]1. The largest absolute Gasteiger partial charge is 0.349 e. The van der Waals surface area contributed by atoms with Gasteiger partial charge in [0.2, 0.25) is 5.91 Å². The molecule has 0 aliphatic rings. The summed E-state index contributed by atoms with van der Waals surface area (Å²) in [6, 6.07) is 4.87. The van der Waals surface area contributed by atoms with Gasteiger partial charge in [0, 0.05) is 25.7 Å². The molecule has 0 saturated carbocycles. The topological polar surface area (TPSA) is 75.0 Å². The molecule has 0 saturated heterocycles. The van der Waals surface area contributed by atoms with Gasteiger partial charge in [-0.3, -0.25) is 4.79 Å². The number of aromatic amines is 1. The third kappa shape index (κ3) is 5.21. The highest BCUT2D eigenvalue weighted by Gasteiger charge is 2.24. The predicted octanol–water partition coefficient (Wildman–Crippen LogP) is 3.58. The Labute approximate surface area is 158 Å². The van der Waals surface area contributed by atoms with Crippen LogP contribution < -0.4 is 5.73 Å². The second-order valence-electron chi connectivity index (χ2n) is 6.47. The zero-order valence-corrected chi connectivity index (χ0v) is 16.2. The average Bonchev–Trinajstić information content (AvgIpc) is 2.99. The van der Waals surface area contributed by atoms with Crippen molar-refractivity contribution in [2.45, 2.75) is 39.8 Å². The van der Waals surface area contributed by atoms with Crippen LogP contribution in [0.1, 0.15) is 30.9 Å². The maximum atomic E-state index is 12.8. The molecule has 0 aliphatic carbocycles. The highest BCUT2D eigenvalue weighted by Crippen LogP contribution is 2.27. The molecule has 5 nitrogen and oxygen atoms in total. The van der Waals surface area contributed by atoms with E-state index in [1.165, 1.54) is 0 Å². The molecule has 0 fully saturated rings. The molecule has 0 spiro atoms. The fraction of sp³-hybridized carbons (Fsp3) is 0.444. The predicted molar refractivity (Wildman–Crippen MR) is 102 cm³/mol. The Morgan fingerprint density at radius 3 is 2.68 bits per heavy atom. The third-order valence-corrected chi connectivity index (χ3v) is 4.96. The van der Waals surface area contributed by atoms with Crippen molar-refractivity contribution in [3.8, 4) is 0 Å². The van der Waals surface area contributed by atoms with Gasteiger partial charge in [0.25, 0.3) is 0 Å². The number of H-pyrrole nitrogens is 1. The van der Waals surface area contributed by atoms with Crippen molar-refractivity contribution in [1.82, 2.24) is 14.9 Å². The first-order valence-electron chi connectivity index (χ1n) is 8.27. The van der Waals surface area contributed by atoms with E-state index in [1.54, 1.807) is 11.0 Å². The van der Waals surface area contributed by atoms with Gasteiger partial charge in [0.1, 0.15) is 5.82 Å². The number of benzene rings is 1. The van der Waals surface area contributed by atoms with Gasteiger partial charge >= 0.3 is 0 Å². The number of halogens is 2. The van der Waals surface area contributed by atoms with Crippen LogP contribution in [-0.2, 0) is 17.8 Å². The van der Waals surface area contributed by atoms with E-state index in [0.717, 1.165) is 17.1 Å². The second-order valence-corrected chi connectivity index (χ2v) is 7.25. The van der Waals surface area contributed by atoms with E-state index in [0.29, 0.717) is 29.6 Å². The van der Waals surface area contributed by atoms with E-state index in [4.69, 9.17) is 28.9 Å². The molecule has 25 heavy (non-hydrogen) atoms. The quantitative estimate of drug-likeness (QED) is 0.768. The number of nitrogens with one attached hydrogen (secondary N) is 1. The molecule has 7 heteroatoms. The Morgan fingerprint density at radius 2 is 2.08 bits per heavy atom. The van der Waals surface area contributed by atoms with Crippen molar-refractivity contribution in [1.29, 1.82) is 0 Å². The molecule has 136 valence electrons. The minimum atomic E-state index is -0.557. The van der Waals surface area contributed by atoms with Gasteiger partial charge in [-0.2, -0.15) is 0 Å². The van der Waals surface area contributed by atoms with Gasteiger partial charge in [0.05, 0.1) is 21.8 Å². The van der Waals surface area contributed by atoms with Crippen LogP contribution in [0.2, 0.25) is 10.0 Å². The molecular weight excluding hydrogens is 359 g/mol. The van der Waals surface area contributed by atoms with Gasteiger partial charge < -0.3 is 15.6 Å². The number of carbonyl (C=O) groups excluding carboxylic acids is 1. The molecule has 0 unspecified atom stereocenters. The van der Waals surface area contributed by atoms with Gasteiger partial charge in [0.15, 0.2) is 0 Å². The molecule has 0 aliphatic heterocycles. The van der Waals surface area contributed by atoms with Gasteiger partial charge in [-0.25, -0.2) is 4.98 Å². The molecular formula is C18H24Cl2N4O. The van der Waals surface area contributed by atoms with Crippen LogP contribution in [0.4, 0.5) is 0 Å². The number of aromatic nitrogens is 2. The standard InChI is InChI=1S/C18H24Cl2N4O/c1-11(2)17(21)18(25)24(8-7-14-9-22-12(3)23-14)10-13-5-4-6-15(19)16(13)20/h4-6,9,11,17H,7-8,10,21H2,1-3H3,(H,22,23)/t17-/m0/s1. The van der Waals surface area contributed by atoms with Crippen LogP contribution in [0.5, 0.6) is 0 Å². The molecule has 1 aromatic heterocycles. The second kappa shape index (κ2) is 8.70. The summed E-state index contributed by atoms with van der Waals surface area (Å²) >= 11 is 12.4. The normalized spacial score (nSPS) is 12.4. The lowest BCUT2D eigenvalue weighted by molar-refractivity contribution is -0.134. The van der Waals surface area contributed by atoms with Gasteiger partial charge in [-0.05, 0) is 24.5 Å². The highest BCUT2D eigenvalue weighted by atomic mass is 35.5. The lowest BCUT2D eigenvalue weighted by atomic mass is 10.0. The van der Waals surface area contributed by atoms with Crippen molar-refractivity contribution in [2.24, 2.45) is 11.7 Å². The first-order valence-corrected chi connectivity index (χ1v) is 9.03. The molecule has 2 aromatic rings. The summed E-state index contributed by atoms with van der Waals surface area (Å²) in [6.45, 7) is 6.63. The molecule has 1 atom stereocenters. The zero-order chi connectivity index (χ0) is 18.6. The summed E-state index contributed by atoms with van der Waals surface area (Å²) in [5.74, 6) is 0.806. The zero-order valence-electron chi connectivity index (χ0n) is 14.7. The van der Waals surface area contributed by atoms with E-state index < -0.39 is 6.04 Å². The highest BCUT2D eigenvalue weighted by molar-refractivity contribution is 6.42. The first kappa shape index (κ1) is 19.8. The number of nitrogens with two attached hydrogens (primary N) is 1. The number of aryl methyl sites for hydroxylation is 1. The number of carbonyl (C=O) groups is 1. The van der Waals surface area contributed by atoms with Crippen LogP contribution in [0, 0.1) is 12.8 Å². The number of hydrogen-bond donors (Lipinski definition) is 2. The number of nitrogens with zero attached hydrogens (tertiary/aromatic N) is 2. The average molecular weight is 383 g/mol. The Morgan fingerprint density at radius 1 is 1.36 bits per heavy atom. The lowest BCUT2D eigenvalue weighted by Gasteiger charge is -2.27. The van der Waals surface area contributed by atoms with E-state index >= 15 is 0 Å². The van der Waals surface area contributed by atoms with Crippen LogP contribution in [-0.4, -0.2) is 33.4 Å². The van der Waals surface area contributed by atoms with Crippen LogP contribution in [0.3, 0.4) is 0 Å². The summed E-state index contributed by atoms with van der Waals surface area (Å²) in [7, 11) is 0. The molecule has 0 radical (unpaired) electrons. The van der Waals surface area contributed by atoms with Gasteiger partial charge in [-0.1, -0.05) is 49.2 Å². The number of hydrogen-bond acceptors (Lipinski definition) is 3. The van der Waals surface area contributed by atoms with Crippen molar-refractivity contribution in [3.05, 3.63) is 51.5 Å². The molecule has 1 aromatic carbocycles. The van der Waals surface area contributed by atoms with E-state index in [1.807, 2.05) is 39.1 Å². The minimum absolute atomic E-state index is 0.0532. The third-order valence-electron chi connectivity index (χ3n) is 4.10. The van der Waals surface area contributed by atoms with Crippen LogP contribution >= 0.6 is 23.2 Å². The van der Waals surface area contributed by atoms with E-state index in [2.05, 4.69) is 9.97 Å². The number of imidazole rings is 1. The lowest BCUT2D eigenvalue weighted by Crippen LogP contribution is -2.46. The Bertz CT molecular complexity index is 730. The molecule has 0 bridgehead atoms. The van der Waals surface area contributed by atoms with E-state index in [9.17, 15) is 4.79 Å². The summed E-state index contributed by atoms with van der Waals surface area (Å²) in [6.07, 6.45) is 2.49. The maximum Gasteiger partial charge on any atom is 0.240 e. The van der Waals surface area contributed by atoms with Crippen LogP contribution in [0.15, 0.2) is 24.4 Å². The van der Waals surface area contributed by atoms with Crippen molar-refractivity contribution < 1.29 is 4.79 Å². The van der Waals surface area contributed by atoms with Crippen LogP contribution in [0.25, 0.3) is 0 Å². The Hall–Kier alpha value is -1.56. The van der Waals surface area contributed by atoms with Crippen molar-refractivity contribution in [3.63, 3.8) is 0 Å². The molecule has 3 N–H and O–H groups in total. The minimum Gasteiger partial charge on any atom is -0.349 e. The molecule has 1 amide bonds. The fourth-order valence-corrected chi connectivity index (χ4v) is 2.86. The summed E-state index contributed by atoms with van der Waals surface area (Å²) in [5.41, 5.74) is 7.79. The molecule has 1 heterocycles. The van der Waals surface area contributed by atoms with E-state index in [-0.39, 0.29) is 11.8 Å². The summed E-state index contributed by atoms with van der Waals surface area (Å²) in [5, 5.41) is 0.943. The monoisotopic (exact) mass is 382 g/mol. The Balaban J connectivity index is 2.18. The van der Waals surface area contributed by atoms with Crippen molar-refractivity contribution in [2.75, 3.05) is 6.54 Å². The first-order chi connectivity index (χ1) is 11.8. The molecule has 2 rings (SSSR count). The summed E-state index contributed by atoms with van der Waals surface area (Å²) in [4.78, 5) is 22.0.